The third kappa shape index (κ3) is 6.23. The molecular weight excluding hydrogens is 651 g/mol. The number of amides is 2. The predicted molar refractivity (Wildman–Crippen MR) is 133 cm³/mol. The van der Waals surface area contributed by atoms with Crippen LogP contribution >= 0.6 is 23.4 Å². The van der Waals surface area contributed by atoms with E-state index in [9.17, 15) is 47.0 Å². The van der Waals surface area contributed by atoms with Crippen LogP contribution in [0.4, 0.5) is 39.5 Å². The number of carbonyl (C=O) groups excluding carboxylic acids is 2. The summed E-state index contributed by atoms with van der Waals surface area (Å²) in [5.41, 5.74) is 0. The van der Waals surface area contributed by atoms with Crippen LogP contribution in [0.1, 0.15) is 6.92 Å². The highest BCUT2D eigenvalue weighted by atomic mass is 35.5. The maximum absolute atomic E-state index is 15.9. The average molecular weight is 679 g/mol. The van der Waals surface area contributed by atoms with Gasteiger partial charge in [-0.15, -0.1) is 23.4 Å². The molecule has 0 saturated heterocycles. The first-order valence-corrected chi connectivity index (χ1v) is 14.3. The minimum absolute atomic E-state index is 0.435. The number of aliphatic carboxylic acids is 2. The van der Waals surface area contributed by atoms with Gasteiger partial charge in [-0.3, -0.25) is 19.2 Å². The van der Waals surface area contributed by atoms with Gasteiger partial charge in [0.05, 0.1) is 33.8 Å². The molecular formula is C24H28ClF9N2O6S. The number of hydrogen-bond donors (Lipinski definition) is 4. The van der Waals surface area contributed by atoms with Crippen molar-refractivity contribution in [3.05, 3.63) is 0 Å². The van der Waals surface area contributed by atoms with Crippen molar-refractivity contribution in [3.63, 3.8) is 0 Å². The summed E-state index contributed by atoms with van der Waals surface area (Å²) < 4.78 is 135. The number of nitrogens with one attached hydrogen (secondary N) is 2. The highest BCUT2D eigenvalue weighted by molar-refractivity contribution is 8.00. The van der Waals surface area contributed by atoms with E-state index in [0.717, 1.165) is 14.0 Å². The van der Waals surface area contributed by atoms with Crippen molar-refractivity contribution in [1.29, 1.82) is 0 Å². The van der Waals surface area contributed by atoms with Gasteiger partial charge in [-0.05, 0) is 0 Å². The van der Waals surface area contributed by atoms with Crippen LogP contribution in [0.15, 0.2) is 0 Å². The lowest BCUT2D eigenvalue weighted by atomic mass is 9.74. The van der Waals surface area contributed by atoms with E-state index in [1.807, 2.05) is 5.32 Å². The molecule has 3 aliphatic rings. The molecule has 3 aliphatic carbocycles. The summed E-state index contributed by atoms with van der Waals surface area (Å²) in [6.07, 6.45) is -26.1. The lowest BCUT2D eigenvalue weighted by Gasteiger charge is -2.45. The van der Waals surface area contributed by atoms with Crippen molar-refractivity contribution in [2.24, 2.45) is 29.6 Å². The van der Waals surface area contributed by atoms with Gasteiger partial charge in [0.1, 0.15) is 67.4 Å². The van der Waals surface area contributed by atoms with Gasteiger partial charge in [-0.25, -0.2) is 39.5 Å². The Morgan fingerprint density at radius 3 is 1.42 bits per heavy atom. The summed E-state index contributed by atoms with van der Waals surface area (Å²) in [7, 11) is 0.918. The third-order valence-corrected chi connectivity index (χ3v) is 10.5. The minimum atomic E-state index is -3.25. The zero-order chi connectivity index (χ0) is 32.8. The predicted octanol–water partition coefficient (Wildman–Crippen LogP) is 2.65. The second-order valence-corrected chi connectivity index (χ2v) is 12.7. The van der Waals surface area contributed by atoms with Gasteiger partial charge >= 0.3 is 11.9 Å². The number of alkyl halides is 10. The Hall–Kier alpha value is -2.11. The first-order chi connectivity index (χ1) is 19.9. The summed E-state index contributed by atoms with van der Waals surface area (Å²) in [6.45, 7) is 0.969. The molecule has 0 heterocycles. The van der Waals surface area contributed by atoms with Gasteiger partial charge in [0, 0.05) is 13.0 Å². The van der Waals surface area contributed by atoms with Crippen LogP contribution in [0.3, 0.4) is 0 Å². The minimum Gasteiger partial charge on any atom is -0.481 e. The molecule has 0 spiro atoms. The Kier molecular flexibility index (Phi) is 11.1. The molecule has 0 aromatic heterocycles. The molecule has 0 radical (unpaired) electrons. The van der Waals surface area contributed by atoms with Gasteiger partial charge in [-0.1, -0.05) is 6.92 Å². The molecule has 0 aromatic rings. The number of carboxylic acids is 2. The molecule has 0 aliphatic heterocycles. The fourth-order valence-corrected chi connectivity index (χ4v) is 7.90. The maximum atomic E-state index is 15.9. The van der Waals surface area contributed by atoms with E-state index in [1.54, 1.807) is 5.32 Å². The Morgan fingerprint density at radius 1 is 0.605 bits per heavy atom. The zero-order valence-electron chi connectivity index (χ0n) is 22.1. The highest BCUT2D eigenvalue weighted by Gasteiger charge is 2.63. The summed E-state index contributed by atoms with van der Waals surface area (Å²) in [5, 5.41) is 15.1. The summed E-state index contributed by atoms with van der Waals surface area (Å²) >= 11 is 5.19. The van der Waals surface area contributed by atoms with E-state index in [2.05, 4.69) is 0 Å². The molecule has 3 saturated carbocycles. The summed E-state index contributed by atoms with van der Waals surface area (Å²) in [6, 6.07) is -2.27. The van der Waals surface area contributed by atoms with Crippen LogP contribution in [0.2, 0.25) is 0 Å². The molecule has 3 rings (SSSR count). The largest absolute Gasteiger partial charge is 0.481 e. The number of carbonyl (C=O) groups is 4. The monoisotopic (exact) mass is 678 g/mol. The fraction of sp³-hybridized carbons (Fsp3) is 0.833. The van der Waals surface area contributed by atoms with E-state index in [0.29, 0.717) is 0 Å². The number of rotatable bonds is 7. The first-order valence-electron chi connectivity index (χ1n) is 12.9. The molecule has 18 atom stereocenters. The quantitative estimate of drug-likeness (QED) is 0.241. The van der Waals surface area contributed by atoms with Gasteiger partial charge in [0.2, 0.25) is 11.8 Å². The SMILES string of the molecule is CNC(=O)C1C(F)C(SC2C(F)C(F)C(C(=O)O)C(C(=O)NC3C(F)C(C)C(F)C(Cl)C3F)C2F)C(F)C(F)C1C(=O)O. The van der Waals surface area contributed by atoms with E-state index < -0.39 is 143 Å². The zero-order valence-corrected chi connectivity index (χ0v) is 23.7. The van der Waals surface area contributed by atoms with Crippen LogP contribution in [0.25, 0.3) is 0 Å². The smallest absolute Gasteiger partial charge is 0.310 e. The molecule has 0 bridgehead atoms. The van der Waals surface area contributed by atoms with Crippen molar-refractivity contribution >= 4 is 47.1 Å². The van der Waals surface area contributed by atoms with Gasteiger partial charge in [0.25, 0.3) is 0 Å². The third-order valence-electron chi connectivity index (χ3n) is 8.35. The van der Waals surface area contributed by atoms with Crippen molar-refractivity contribution < 1.29 is 68.9 Å². The van der Waals surface area contributed by atoms with Crippen molar-refractivity contribution in [2.75, 3.05) is 7.05 Å². The van der Waals surface area contributed by atoms with Gasteiger partial charge < -0.3 is 20.8 Å². The van der Waals surface area contributed by atoms with E-state index >= 15 is 22.0 Å². The fourth-order valence-electron chi connectivity index (χ4n) is 5.92. The van der Waals surface area contributed by atoms with Crippen LogP contribution < -0.4 is 10.6 Å². The van der Waals surface area contributed by atoms with Crippen LogP contribution in [-0.4, -0.2) is 118 Å². The Balaban J connectivity index is 1.95. The Labute approximate surface area is 247 Å². The number of hydrogen-bond acceptors (Lipinski definition) is 5. The van der Waals surface area contributed by atoms with Crippen molar-refractivity contribution in [1.82, 2.24) is 10.6 Å². The summed E-state index contributed by atoms with van der Waals surface area (Å²) in [4.78, 5) is 48.5. The van der Waals surface area contributed by atoms with E-state index in [4.69, 9.17) is 11.6 Å². The molecule has 2 amide bonds. The lowest BCUT2D eigenvalue weighted by Crippen LogP contribution is -2.65. The van der Waals surface area contributed by atoms with Crippen LogP contribution in [-0.2, 0) is 19.2 Å². The number of halogens is 10. The molecule has 3 fully saturated rings. The second kappa shape index (κ2) is 13.5. The normalized spacial score (nSPS) is 48.7. The topological polar surface area (TPSA) is 133 Å². The molecule has 18 unspecified atom stereocenters. The molecule has 19 heteroatoms. The molecule has 43 heavy (non-hydrogen) atoms. The number of carboxylic acid groups (broad SMARTS) is 2. The van der Waals surface area contributed by atoms with E-state index in [-0.39, 0.29) is 0 Å². The maximum Gasteiger partial charge on any atom is 0.310 e. The molecule has 0 aromatic carbocycles. The average Bonchev–Trinajstić information content (AvgIpc) is 2.95. The number of thioether (sulfide) groups is 1. The highest BCUT2D eigenvalue weighted by Crippen LogP contribution is 2.49. The first kappa shape index (κ1) is 35.4. The van der Waals surface area contributed by atoms with Crippen LogP contribution in [0.5, 0.6) is 0 Å². The molecule has 4 N–H and O–H groups in total. The van der Waals surface area contributed by atoms with Gasteiger partial charge in [-0.2, -0.15) is 0 Å². The van der Waals surface area contributed by atoms with Crippen molar-refractivity contribution in [2.45, 2.75) is 84.4 Å². The Morgan fingerprint density at radius 2 is 1.02 bits per heavy atom. The van der Waals surface area contributed by atoms with Crippen LogP contribution in [0, 0.1) is 29.6 Å². The summed E-state index contributed by atoms with van der Waals surface area (Å²) in [5.74, 6) is -19.8. The molecule has 8 nitrogen and oxygen atoms in total. The standard InChI is InChI=1S/C24H28ClF9N2O6S/c1-3-9(26)8(25)15(32)18(10(3)27)36-22(38)5-7(24(41)42)12(29)17(34)20(14(5)31)43-19-13(30)4(21(37)35-2)6(23(39)40)11(28)16(19)33/h3-20H,1-2H3,(H,35,37)(H,36,38)(H,39,40)(H,41,42). The molecule has 246 valence electrons. The van der Waals surface area contributed by atoms with Gasteiger partial charge in [0.15, 0.2) is 0 Å². The van der Waals surface area contributed by atoms with Crippen molar-refractivity contribution in [3.8, 4) is 0 Å². The lowest BCUT2D eigenvalue weighted by molar-refractivity contribution is -0.159. The van der Waals surface area contributed by atoms with E-state index in [1.165, 1.54) is 0 Å². The second-order valence-electron chi connectivity index (χ2n) is 10.8. The Bertz CT molecular complexity index is 1070.